The molecule has 1 aromatic heterocycles. The summed E-state index contributed by atoms with van der Waals surface area (Å²) in [4.78, 5) is 20.1. The van der Waals surface area contributed by atoms with Crippen LogP contribution >= 0.6 is 0 Å². The molecule has 0 bridgehead atoms. The molecule has 1 amide bonds. The zero-order valence-corrected chi connectivity index (χ0v) is 15.2. The number of para-hydroxylation sites is 1. The number of nitrogens with one attached hydrogen (secondary N) is 3. The van der Waals surface area contributed by atoms with Crippen LogP contribution < -0.4 is 16.0 Å². The molecule has 7 heteroatoms. The van der Waals surface area contributed by atoms with Crippen molar-refractivity contribution in [1.82, 2.24) is 25.5 Å². The lowest BCUT2D eigenvalue weighted by molar-refractivity contribution is -0.121. The van der Waals surface area contributed by atoms with E-state index in [4.69, 9.17) is 0 Å². The molecule has 0 spiro atoms. The maximum atomic E-state index is 11.9. The number of aromatic nitrogens is 2. The second-order valence-corrected chi connectivity index (χ2v) is 6.68. The van der Waals surface area contributed by atoms with E-state index in [1.165, 1.54) is 0 Å². The van der Waals surface area contributed by atoms with Crippen molar-refractivity contribution in [2.75, 3.05) is 13.6 Å². The molecule has 25 heavy (non-hydrogen) atoms. The van der Waals surface area contributed by atoms with Gasteiger partial charge in [0.2, 0.25) is 5.91 Å². The molecule has 3 N–H and O–H groups in total. The number of carbonyl (C=O) groups is 1. The third-order valence-corrected chi connectivity index (χ3v) is 3.37. The van der Waals surface area contributed by atoms with Crippen LogP contribution in [0.3, 0.4) is 0 Å². The van der Waals surface area contributed by atoms with Gasteiger partial charge in [-0.25, -0.2) is 4.98 Å². The first-order chi connectivity index (χ1) is 11.9. The highest BCUT2D eigenvalue weighted by Gasteiger charge is 2.13. The van der Waals surface area contributed by atoms with Crippen molar-refractivity contribution in [1.29, 1.82) is 0 Å². The van der Waals surface area contributed by atoms with Crippen LogP contribution in [0.1, 0.15) is 26.3 Å². The molecule has 0 saturated carbocycles. The minimum Gasteiger partial charge on any atom is -0.352 e. The highest BCUT2D eigenvalue weighted by Crippen LogP contribution is 2.13. The summed E-state index contributed by atoms with van der Waals surface area (Å²) >= 11 is 0. The highest BCUT2D eigenvalue weighted by atomic mass is 16.2. The van der Waals surface area contributed by atoms with Gasteiger partial charge in [-0.05, 0) is 32.4 Å². The summed E-state index contributed by atoms with van der Waals surface area (Å²) in [6.45, 7) is 6.59. The van der Waals surface area contributed by atoms with Crippen LogP contribution in [0.5, 0.6) is 0 Å². The standard InChI is InChI=1S/C18H26N6O/c1-18(2,3)23-16(25)12-22-17(19-4)21-11-14-7-5-6-8-15(14)24-10-9-20-13-24/h5-10,13H,11-12H2,1-4H3,(H,23,25)(H2,19,21,22). The molecule has 7 nitrogen and oxygen atoms in total. The SMILES string of the molecule is CN=C(NCC(=O)NC(C)(C)C)NCc1ccccc1-n1ccnc1. The van der Waals surface area contributed by atoms with E-state index in [9.17, 15) is 4.79 Å². The minimum absolute atomic E-state index is 0.0748. The number of hydrogen-bond acceptors (Lipinski definition) is 3. The van der Waals surface area contributed by atoms with Gasteiger partial charge in [0.15, 0.2) is 5.96 Å². The Labute approximate surface area is 148 Å². The van der Waals surface area contributed by atoms with Crippen LogP contribution in [0.25, 0.3) is 5.69 Å². The highest BCUT2D eigenvalue weighted by molar-refractivity contribution is 5.86. The van der Waals surface area contributed by atoms with Crippen LogP contribution in [0.15, 0.2) is 48.0 Å². The fourth-order valence-electron chi connectivity index (χ4n) is 2.34. The van der Waals surface area contributed by atoms with Crippen molar-refractivity contribution < 1.29 is 4.79 Å². The van der Waals surface area contributed by atoms with E-state index < -0.39 is 0 Å². The van der Waals surface area contributed by atoms with Crippen LogP contribution in [-0.2, 0) is 11.3 Å². The Bertz CT molecular complexity index is 715. The average Bonchev–Trinajstić information content (AvgIpc) is 3.08. The Balaban J connectivity index is 1.93. The van der Waals surface area contributed by atoms with Crippen molar-refractivity contribution in [3.63, 3.8) is 0 Å². The molecular formula is C18H26N6O. The predicted molar refractivity (Wildman–Crippen MR) is 99.7 cm³/mol. The number of rotatable bonds is 5. The first-order valence-corrected chi connectivity index (χ1v) is 8.21. The number of imidazole rings is 1. The van der Waals surface area contributed by atoms with Crippen molar-refractivity contribution in [2.45, 2.75) is 32.9 Å². The van der Waals surface area contributed by atoms with Gasteiger partial charge in [0.25, 0.3) is 0 Å². The second kappa shape index (κ2) is 8.32. The zero-order chi connectivity index (χ0) is 18.3. The third kappa shape index (κ3) is 5.95. The summed E-state index contributed by atoms with van der Waals surface area (Å²) in [5, 5.41) is 9.16. The average molecular weight is 342 g/mol. The molecule has 134 valence electrons. The van der Waals surface area contributed by atoms with Crippen molar-refractivity contribution in [3.05, 3.63) is 48.5 Å². The molecule has 0 aliphatic carbocycles. The molecule has 0 aliphatic heterocycles. The van der Waals surface area contributed by atoms with Crippen molar-refractivity contribution in [3.8, 4) is 5.69 Å². The minimum atomic E-state index is -0.251. The number of guanidine groups is 1. The Hall–Kier alpha value is -2.83. The lowest BCUT2D eigenvalue weighted by Crippen LogP contribution is -2.48. The maximum Gasteiger partial charge on any atom is 0.239 e. The predicted octanol–water partition coefficient (Wildman–Crippen LogP) is 1.45. The van der Waals surface area contributed by atoms with E-state index >= 15 is 0 Å². The van der Waals surface area contributed by atoms with Crippen LogP contribution in [0.2, 0.25) is 0 Å². The molecule has 1 aromatic carbocycles. The third-order valence-electron chi connectivity index (χ3n) is 3.37. The van der Waals surface area contributed by atoms with E-state index in [1.54, 1.807) is 19.6 Å². The normalized spacial score (nSPS) is 11.9. The Morgan fingerprint density at radius 2 is 2.00 bits per heavy atom. The van der Waals surface area contributed by atoms with Crippen LogP contribution in [-0.4, -0.2) is 40.5 Å². The second-order valence-electron chi connectivity index (χ2n) is 6.68. The van der Waals surface area contributed by atoms with Gasteiger partial charge in [0.05, 0.1) is 18.6 Å². The zero-order valence-electron chi connectivity index (χ0n) is 15.2. The summed E-state index contributed by atoms with van der Waals surface area (Å²) in [5.74, 6) is 0.499. The molecule has 1 heterocycles. The number of amides is 1. The number of nitrogens with zero attached hydrogens (tertiary/aromatic N) is 3. The van der Waals surface area contributed by atoms with Crippen molar-refractivity contribution >= 4 is 11.9 Å². The fraction of sp³-hybridized carbons (Fsp3) is 0.389. The smallest absolute Gasteiger partial charge is 0.239 e. The largest absolute Gasteiger partial charge is 0.352 e. The topological polar surface area (TPSA) is 83.3 Å². The fourth-order valence-corrected chi connectivity index (χ4v) is 2.34. The molecule has 0 aliphatic rings. The summed E-state index contributed by atoms with van der Waals surface area (Å²) in [6, 6.07) is 8.06. The summed E-state index contributed by atoms with van der Waals surface area (Å²) in [7, 11) is 1.68. The van der Waals surface area contributed by atoms with Gasteiger partial charge in [-0.15, -0.1) is 0 Å². The van der Waals surface area contributed by atoms with E-state index in [-0.39, 0.29) is 18.0 Å². The van der Waals surface area contributed by atoms with Gasteiger partial charge in [-0.2, -0.15) is 0 Å². The Morgan fingerprint density at radius 3 is 2.64 bits per heavy atom. The maximum absolute atomic E-state index is 11.9. The van der Waals surface area contributed by atoms with Crippen LogP contribution in [0, 0.1) is 0 Å². The summed E-state index contributed by atoms with van der Waals surface area (Å²) < 4.78 is 1.96. The quantitative estimate of drug-likeness (QED) is 0.567. The first kappa shape index (κ1) is 18.5. The van der Waals surface area contributed by atoms with E-state index in [1.807, 2.05) is 55.8 Å². The van der Waals surface area contributed by atoms with Crippen LogP contribution in [0.4, 0.5) is 0 Å². The molecule has 2 rings (SSSR count). The molecule has 0 radical (unpaired) electrons. The Kier molecular flexibility index (Phi) is 6.16. The van der Waals surface area contributed by atoms with Gasteiger partial charge in [-0.1, -0.05) is 18.2 Å². The molecule has 0 atom stereocenters. The molecule has 0 unspecified atom stereocenters. The molecule has 2 aromatic rings. The Morgan fingerprint density at radius 1 is 1.24 bits per heavy atom. The van der Waals surface area contributed by atoms with Gasteiger partial charge in [-0.3, -0.25) is 9.79 Å². The lowest BCUT2D eigenvalue weighted by Gasteiger charge is -2.21. The van der Waals surface area contributed by atoms with Gasteiger partial charge in [0, 0.05) is 31.5 Å². The van der Waals surface area contributed by atoms with Crippen molar-refractivity contribution in [2.24, 2.45) is 4.99 Å². The lowest BCUT2D eigenvalue weighted by atomic mass is 10.1. The van der Waals surface area contributed by atoms with E-state index in [0.717, 1.165) is 11.3 Å². The molecule has 0 saturated heterocycles. The number of carbonyl (C=O) groups excluding carboxylic acids is 1. The van der Waals surface area contributed by atoms with E-state index in [0.29, 0.717) is 12.5 Å². The number of aliphatic imine (C=N–C) groups is 1. The van der Waals surface area contributed by atoms with Gasteiger partial charge < -0.3 is 20.5 Å². The summed E-state index contributed by atoms with van der Waals surface area (Å²) in [6.07, 6.45) is 5.42. The van der Waals surface area contributed by atoms with E-state index in [2.05, 4.69) is 25.9 Å². The monoisotopic (exact) mass is 342 g/mol. The first-order valence-electron chi connectivity index (χ1n) is 8.21. The summed E-state index contributed by atoms with van der Waals surface area (Å²) in [5.41, 5.74) is 1.90. The molecular weight excluding hydrogens is 316 g/mol. The van der Waals surface area contributed by atoms with Gasteiger partial charge >= 0.3 is 0 Å². The number of hydrogen-bond donors (Lipinski definition) is 3. The number of benzene rings is 1. The van der Waals surface area contributed by atoms with Gasteiger partial charge in [0.1, 0.15) is 0 Å². The molecule has 0 fully saturated rings.